The quantitative estimate of drug-likeness (QED) is 0.239. The largest absolute Gasteiger partial charge is 0.337 e. The lowest BCUT2D eigenvalue weighted by Gasteiger charge is -2.17. The van der Waals surface area contributed by atoms with Crippen molar-refractivity contribution in [1.82, 2.24) is 9.55 Å². The smallest absolute Gasteiger partial charge is 0.240 e. The van der Waals surface area contributed by atoms with Crippen LogP contribution in [0.15, 0.2) is 79.3 Å². The third-order valence-electron chi connectivity index (χ3n) is 5.25. The van der Waals surface area contributed by atoms with E-state index >= 15 is 0 Å². The molecule has 0 aliphatic carbocycles. The number of rotatable bonds is 10. The van der Waals surface area contributed by atoms with Gasteiger partial charge in [0.15, 0.2) is 0 Å². The Bertz CT molecular complexity index is 864. The number of hydrogen-bond donors (Lipinski definition) is 0. The summed E-state index contributed by atoms with van der Waals surface area (Å²) in [5.74, 6) is 0. The minimum atomic E-state index is 0.0346. The van der Waals surface area contributed by atoms with Gasteiger partial charge in [-0.2, -0.15) is 0 Å². The molecule has 1 aromatic heterocycles. The lowest BCUT2D eigenvalue weighted by Crippen LogP contribution is -2.44. The van der Waals surface area contributed by atoms with Crippen LogP contribution in [-0.4, -0.2) is 16.3 Å². The number of benzene rings is 2. The Hall–Kier alpha value is -1.97. The second kappa shape index (κ2) is 14.2. The van der Waals surface area contributed by atoms with Gasteiger partial charge in [-0.1, -0.05) is 116 Å². The monoisotopic (exact) mass is 454 g/mol. The van der Waals surface area contributed by atoms with E-state index < -0.39 is 0 Å². The van der Waals surface area contributed by atoms with Crippen molar-refractivity contribution in [1.29, 1.82) is 0 Å². The Morgan fingerprint density at radius 1 is 0.903 bits per heavy atom. The van der Waals surface area contributed by atoms with Crippen LogP contribution < -0.4 is 10.9 Å². The molecule has 0 saturated heterocycles. The number of unbranched alkanes of at least 4 members (excludes halogenated alkanes) is 5. The normalized spacial score (nSPS) is 10.3. The summed E-state index contributed by atoms with van der Waals surface area (Å²) in [5.41, 5.74) is 3.11. The number of imidazole rings is 1. The zero-order valence-corrected chi connectivity index (χ0v) is 20.2. The highest BCUT2D eigenvalue weighted by Gasteiger charge is 2.24. The van der Waals surface area contributed by atoms with E-state index in [-0.39, 0.29) is 6.71 Å². The van der Waals surface area contributed by atoms with Gasteiger partial charge >= 0.3 is 0 Å². The van der Waals surface area contributed by atoms with Gasteiger partial charge < -0.3 is 4.57 Å². The maximum atomic E-state index is 6.28. The molecule has 0 atom stereocenters. The van der Waals surface area contributed by atoms with Gasteiger partial charge in [-0.05, 0) is 18.6 Å². The van der Waals surface area contributed by atoms with Crippen molar-refractivity contribution in [3.05, 3.63) is 89.3 Å². The van der Waals surface area contributed by atoms with Gasteiger partial charge in [0.1, 0.15) is 0 Å². The van der Waals surface area contributed by atoms with Crippen LogP contribution in [0.2, 0.25) is 10.0 Å². The second-order valence-electron chi connectivity index (χ2n) is 7.89. The second-order valence-corrected chi connectivity index (χ2v) is 8.71. The van der Waals surface area contributed by atoms with Crippen LogP contribution in [0.3, 0.4) is 0 Å². The summed E-state index contributed by atoms with van der Waals surface area (Å²) in [6.45, 7) is 9.49. The number of halogens is 2. The SMILES string of the molecule is C=C(C)B(c1ccccc1Cl)c1ccccc1Cl.CCCCCCCCn1ccnc1. The third-order valence-corrected chi connectivity index (χ3v) is 5.94. The highest BCUT2D eigenvalue weighted by atomic mass is 35.5. The summed E-state index contributed by atoms with van der Waals surface area (Å²) in [6, 6.07) is 15.6. The molecule has 0 aliphatic heterocycles. The van der Waals surface area contributed by atoms with Crippen LogP contribution in [0.1, 0.15) is 52.4 Å². The molecule has 164 valence electrons. The van der Waals surface area contributed by atoms with Gasteiger partial charge in [-0.3, -0.25) is 0 Å². The van der Waals surface area contributed by atoms with Gasteiger partial charge in [-0.25, -0.2) is 4.98 Å². The van der Waals surface area contributed by atoms with Gasteiger partial charge in [0, 0.05) is 29.0 Å². The first-order valence-corrected chi connectivity index (χ1v) is 11.9. The standard InChI is InChI=1S/C15H13BCl2.C11H20N2/c1-11(2)16(12-7-3-5-9-14(12)17)13-8-4-6-10-15(13)18;1-2-3-4-5-6-7-9-13-10-8-12-11-13/h3-10H,1H2,2H3;8,10-11H,2-7,9H2,1H3. The summed E-state index contributed by atoms with van der Waals surface area (Å²) in [7, 11) is 0. The van der Waals surface area contributed by atoms with Gasteiger partial charge in [0.05, 0.1) is 6.33 Å². The highest BCUT2D eigenvalue weighted by Crippen LogP contribution is 2.13. The molecule has 0 aliphatic rings. The van der Waals surface area contributed by atoms with Crippen LogP contribution in [0.5, 0.6) is 0 Å². The van der Waals surface area contributed by atoms with Crippen LogP contribution >= 0.6 is 23.2 Å². The number of aromatic nitrogens is 2. The maximum absolute atomic E-state index is 6.28. The first kappa shape index (κ1) is 25.3. The zero-order chi connectivity index (χ0) is 22.5. The molecule has 0 unspecified atom stereocenters. The number of allylic oxidation sites excluding steroid dienone is 1. The fourth-order valence-electron chi connectivity index (χ4n) is 3.61. The van der Waals surface area contributed by atoms with E-state index in [2.05, 4.69) is 23.1 Å². The van der Waals surface area contributed by atoms with Crippen molar-refractivity contribution in [3.63, 3.8) is 0 Å². The number of hydrogen-bond acceptors (Lipinski definition) is 1. The number of nitrogens with zero attached hydrogens (tertiary/aromatic N) is 2. The molecule has 0 saturated carbocycles. The first-order valence-electron chi connectivity index (χ1n) is 11.1. The number of aryl methyl sites for hydroxylation is 1. The van der Waals surface area contributed by atoms with E-state index in [0.717, 1.165) is 33.0 Å². The molecule has 0 N–H and O–H groups in total. The molecule has 0 amide bonds. The average molecular weight is 455 g/mol. The molecule has 5 heteroatoms. The first-order chi connectivity index (χ1) is 15.0. The Morgan fingerprint density at radius 2 is 1.45 bits per heavy atom. The van der Waals surface area contributed by atoms with Crippen LogP contribution in [-0.2, 0) is 6.54 Å². The van der Waals surface area contributed by atoms with Crippen molar-refractivity contribution in [2.75, 3.05) is 0 Å². The zero-order valence-electron chi connectivity index (χ0n) is 18.7. The molecule has 3 rings (SSSR count). The van der Waals surface area contributed by atoms with E-state index in [4.69, 9.17) is 23.2 Å². The van der Waals surface area contributed by atoms with Crippen molar-refractivity contribution >= 4 is 40.8 Å². The minimum Gasteiger partial charge on any atom is -0.337 e. The van der Waals surface area contributed by atoms with Crippen molar-refractivity contribution in [2.45, 2.75) is 58.9 Å². The van der Waals surface area contributed by atoms with Crippen molar-refractivity contribution < 1.29 is 0 Å². The Labute approximate surface area is 198 Å². The Balaban J connectivity index is 0.000000233. The molecular formula is C26H33BCl2N2. The summed E-state index contributed by atoms with van der Waals surface area (Å²) >= 11 is 12.6. The third kappa shape index (κ3) is 8.59. The van der Waals surface area contributed by atoms with E-state index in [1.54, 1.807) is 0 Å². The Kier molecular flexibility index (Phi) is 11.6. The highest BCUT2D eigenvalue weighted by molar-refractivity contribution is 6.93. The van der Waals surface area contributed by atoms with Crippen LogP contribution in [0, 0.1) is 0 Å². The summed E-state index contributed by atoms with van der Waals surface area (Å²) in [6.07, 6.45) is 13.9. The van der Waals surface area contributed by atoms with Crippen molar-refractivity contribution in [3.8, 4) is 0 Å². The summed E-state index contributed by atoms with van der Waals surface area (Å²) < 4.78 is 2.15. The summed E-state index contributed by atoms with van der Waals surface area (Å²) in [5, 5.41) is 1.48. The lowest BCUT2D eigenvalue weighted by atomic mass is 9.37. The molecule has 0 bridgehead atoms. The van der Waals surface area contributed by atoms with Crippen LogP contribution in [0.4, 0.5) is 0 Å². The molecule has 0 radical (unpaired) electrons. The molecule has 3 aromatic rings. The van der Waals surface area contributed by atoms with E-state index in [1.807, 2.05) is 74.2 Å². The van der Waals surface area contributed by atoms with Gasteiger partial charge in [0.25, 0.3) is 0 Å². The molecule has 2 aromatic carbocycles. The Morgan fingerprint density at radius 3 is 1.94 bits per heavy atom. The average Bonchev–Trinajstić information content (AvgIpc) is 3.27. The lowest BCUT2D eigenvalue weighted by molar-refractivity contribution is 0.558. The molecular weight excluding hydrogens is 422 g/mol. The van der Waals surface area contributed by atoms with E-state index in [0.29, 0.717) is 0 Å². The molecule has 0 fully saturated rings. The molecule has 2 nitrogen and oxygen atoms in total. The fourth-order valence-corrected chi connectivity index (χ4v) is 4.10. The van der Waals surface area contributed by atoms with Crippen molar-refractivity contribution in [2.24, 2.45) is 0 Å². The predicted octanol–water partition coefficient (Wildman–Crippen LogP) is 6.96. The topological polar surface area (TPSA) is 17.8 Å². The van der Waals surface area contributed by atoms with E-state index in [9.17, 15) is 0 Å². The molecule has 31 heavy (non-hydrogen) atoms. The minimum absolute atomic E-state index is 0.0346. The fraction of sp³-hybridized carbons (Fsp3) is 0.346. The molecule has 1 heterocycles. The summed E-state index contributed by atoms with van der Waals surface area (Å²) in [4.78, 5) is 4.01. The van der Waals surface area contributed by atoms with Crippen LogP contribution in [0.25, 0.3) is 0 Å². The van der Waals surface area contributed by atoms with Gasteiger partial charge in [0.2, 0.25) is 6.71 Å². The molecule has 0 spiro atoms. The maximum Gasteiger partial charge on any atom is 0.240 e. The van der Waals surface area contributed by atoms with Gasteiger partial charge in [-0.15, -0.1) is 12.1 Å². The predicted molar refractivity (Wildman–Crippen MR) is 138 cm³/mol. The van der Waals surface area contributed by atoms with E-state index in [1.165, 1.54) is 38.5 Å².